The molecule has 0 radical (unpaired) electrons. The van der Waals surface area contributed by atoms with Crippen LogP contribution in [-0.2, 0) is 14.3 Å². The van der Waals surface area contributed by atoms with Gasteiger partial charge in [-0.3, -0.25) is 9.59 Å². The van der Waals surface area contributed by atoms with Crippen LogP contribution in [0.25, 0.3) is 0 Å². The molecule has 21 heavy (non-hydrogen) atoms. The highest BCUT2D eigenvalue weighted by Gasteiger charge is 2.27. The van der Waals surface area contributed by atoms with E-state index in [-0.39, 0.29) is 17.9 Å². The third kappa shape index (κ3) is 8.05. The first kappa shape index (κ1) is 19.9. The van der Waals surface area contributed by atoms with Crippen molar-refractivity contribution in [1.82, 2.24) is 9.80 Å². The fraction of sp³-hybridized carbons (Fsp3) is 0.875. The molecule has 1 unspecified atom stereocenters. The molecule has 1 saturated heterocycles. The van der Waals surface area contributed by atoms with Gasteiger partial charge in [0.2, 0.25) is 5.91 Å². The van der Waals surface area contributed by atoms with Crippen LogP contribution >= 0.6 is 0 Å². The van der Waals surface area contributed by atoms with Crippen LogP contribution in [0.5, 0.6) is 0 Å². The predicted octanol–water partition coefficient (Wildman–Crippen LogP) is 2.30. The molecule has 0 aromatic carbocycles. The highest BCUT2D eigenvalue weighted by Crippen LogP contribution is 2.19. The molecule has 5 heteroatoms. The average molecular weight is 300 g/mol. The molecule has 1 atom stereocenters. The summed E-state index contributed by atoms with van der Waals surface area (Å²) < 4.78 is 5.15. The summed E-state index contributed by atoms with van der Waals surface area (Å²) in [6.45, 7) is 8.08. The standard InChI is InChI=1S/C14H26N2O3.C2H6/c1-4-12(16-9-5-6-13(16)17)7-8-14(18)19-11-10-15(2)3;1-2/h12H,4-11H2,1-3H3;1-2H3. The van der Waals surface area contributed by atoms with E-state index >= 15 is 0 Å². The third-order valence-electron chi connectivity index (χ3n) is 3.51. The maximum absolute atomic E-state index is 11.7. The normalized spacial score (nSPS) is 15.7. The molecule has 0 aromatic heterocycles. The van der Waals surface area contributed by atoms with Crippen LogP contribution in [0, 0.1) is 0 Å². The van der Waals surface area contributed by atoms with Crippen molar-refractivity contribution in [2.45, 2.75) is 58.9 Å². The minimum Gasteiger partial charge on any atom is -0.464 e. The number of likely N-dealkylation sites (N-methyl/N-ethyl adjacent to an activating group) is 1. The van der Waals surface area contributed by atoms with Crippen LogP contribution in [0.15, 0.2) is 0 Å². The van der Waals surface area contributed by atoms with Crippen LogP contribution in [0.4, 0.5) is 0 Å². The van der Waals surface area contributed by atoms with Gasteiger partial charge in [0.25, 0.3) is 0 Å². The summed E-state index contributed by atoms with van der Waals surface area (Å²) in [6, 6.07) is 0.191. The lowest BCUT2D eigenvalue weighted by Gasteiger charge is -2.26. The van der Waals surface area contributed by atoms with Crippen LogP contribution < -0.4 is 0 Å². The molecule has 1 aliphatic heterocycles. The number of carbonyl (C=O) groups excluding carboxylic acids is 2. The van der Waals surface area contributed by atoms with Gasteiger partial charge in [-0.15, -0.1) is 0 Å². The highest BCUT2D eigenvalue weighted by molar-refractivity contribution is 5.78. The molecule has 0 aromatic rings. The number of esters is 1. The van der Waals surface area contributed by atoms with Crippen LogP contribution in [-0.4, -0.2) is 61.5 Å². The van der Waals surface area contributed by atoms with Crippen molar-refractivity contribution < 1.29 is 14.3 Å². The molecule has 5 nitrogen and oxygen atoms in total. The Labute approximate surface area is 129 Å². The zero-order valence-electron chi connectivity index (χ0n) is 14.4. The Morgan fingerprint density at radius 3 is 2.52 bits per heavy atom. The smallest absolute Gasteiger partial charge is 0.305 e. The molecule has 0 saturated carbocycles. The van der Waals surface area contributed by atoms with Gasteiger partial charge in [-0.2, -0.15) is 0 Å². The van der Waals surface area contributed by atoms with Gasteiger partial charge in [0.1, 0.15) is 6.61 Å². The lowest BCUT2D eigenvalue weighted by molar-refractivity contribution is -0.145. The molecular formula is C16H32N2O3. The summed E-state index contributed by atoms with van der Waals surface area (Å²) in [5.74, 6) is 0.0692. The lowest BCUT2D eigenvalue weighted by atomic mass is 10.1. The number of hydrogen-bond donors (Lipinski definition) is 0. The summed E-state index contributed by atoms with van der Waals surface area (Å²) in [4.78, 5) is 27.2. The third-order valence-corrected chi connectivity index (χ3v) is 3.51. The quantitative estimate of drug-likeness (QED) is 0.645. The van der Waals surface area contributed by atoms with Gasteiger partial charge in [-0.25, -0.2) is 0 Å². The predicted molar refractivity (Wildman–Crippen MR) is 85.1 cm³/mol. The summed E-state index contributed by atoms with van der Waals surface area (Å²) in [5, 5.41) is 0. The molecule has 1 rings (SSSR count). The van der Waals surface area contributed by atoms with E-state index in [0.29, 0.717) is 25.9 Å². The van der Waals surface area contributed by atoms with Crippen molar-refractivity contribution in [1.29, 1.82) is 0 Å². The van der Waals surface area contributed by atoms with E-state index in [4.69, 9.17) is 4.74 Å². The van der Waals surface area contributed by atoms with Crippen molar-refractivity contribution in [3.63, 3.8) is 0 Å². The number of ether oxygens (including phenoxy) is 1. The first-order valence-corrected chi connectivity index (χ1v) is 8.14. The van der Waals surface area contributed by atoms with Crippen molar-refractivity contribution in [3.8, 4) is 0 Å². The number of carbonyl (C=O) groups is 2. The van der Waals surface area contributed by atoms with Crippen molar-refractivity contribution in [3.05, 3.63) is 0 Å². The van der Waals surface area contributed by atoms with E-state index in [1.807, 2.05) is 37.7 Å². The SMILES string of the molecule is CC.CCC(CCC(=O)OCCN(C)C)N1CCCC1=O. The maximum Gasteiger partial charge on any atom is 0.305 e. The molecule has 1 aliphatic rings. The molecule has 124 valence electrons. The number of hydrogen-bond acceptors (Lipinski definition) is 4. The topological polar surface area (TPSA) is 49.9 Å². The highest BCUT2D eigenvalue weighted by atomic mass is 16.5. The van der Waals surface area contributed by atoms with Crippen LogP contribution in [0.2, 0.25) is 0 Å². The second-order valence-corrected chi connectivity index (χ2v) is 5.32. The first-order valence-electron chi connectivity index (χ1n) is 8.14. The fourth-order valence-electron chi connectivity index (χ4n) is 2.33. The number of likely N-dealkylation sites (tertiary alicyclic amines) is 1. The van der Waals surface area contributed by atoms with Gasteiger partial charge < -0.3 is 14.5 Å². The van der Waals surface area contributed by atoms with E-state index in [1.54, 1.807) is 0 Å². The van der Waals surface area contributed by atoms with Gasteiger partial charge in [0.05, 0.1) is 0 Å². The number of rotatable bonds is 8. The van der Waals surface area contributed by atoms with E-state index < -0.39 is 0 Å². The number of amides is 1. The average Bonchev–Trinajstić information content (AvgIpc) is 2.88. The Morgan fingerprint density at radius 2 is 2.05 bits per heavy atom. The Hall–Kier alpha value is -1.10. The lowest BCUT2D eigenvalue weighted by Crippen LogP contribution is -2.36. The van der Waals surface area contributed by atoms with Crippen LogP contribution in [0.1, 0.15) is 52.9 Å². The minimum atomic E-state index is -0.160. The van der Waals surface area contributed by atoms with Crippen molar-refractivity contribution in [2.75, 3.05) is 33.8 Å². The monoisotopic (exact) mass is 300 g/mol. The Balaban J connectivity index is 0.00000191. The maximum atomic E-state index is 11.7. The Morgan fingerprint density at radius 1 is 1.38 bits per heavy atom. The van der Waals surface area contributed by atoms with E-state index in [0.717, 1.165) is 25.9 Å². The molecule has 1 fully saturated rings. The first-order chi connectivity index (χ1) is 10.0. The Kier molecular flexibility index (Phi) is 10.9. The summed E-state index contributed by atoms with van der Waals surface area (Å²) in [7, 11) is 3.89. The minimum absolute atomic E-state index is 0.160. The largest absolute Gasteiger partial charge is 0.464 e. The van der Waals surface area contributed by atoms with Gasteiger partial charge in [0, 0.05) is 32.0 Å². The summed E-state index contributed by atoms with van der Waals surface area (Å²) in [5.41, 5.74) is 0. The second-order valence-electron chi connectivity index (χ2n) is 5.32. The van der Waals surface area contributed by atoms with Gasteiger partial charge in [-0.05, 0) is 33.4 Å². The molecule has 0 bridgehead atoms. The molecule has 1 amide bonds. The fourth-order valence-corrected chi connectivity index (χ4v) is 2.33. The molecule has 1 heterocycles. The molecule has 0 N–H and O–H groups in total. The van der Waals surface area contributed by atoms with Crippen molar-refractivity contribution in [2.24, 2.45) is 0 Å². The van der Waals surface area contributed by atoms with E-state index in [1.165, 1.54) is 0 Å². The summed E-state index contributed by atoms with van der Waals surface area (Å²) >= 11 is 0. The molecule has 0 spiro atoms. The van der Waals surface area contributed by atoms with Crippen molar-refractivity contribution >= 4 is 11.9 Å². The second kappa shape index (κ2) is 11.5. The summed E-state index contributed by atoms with van der Waals surface area (Å²) in [6.07, 6.45) is 3.61. The zero-order valence-corrected chi connectivity index (χ0v) is 14.4. The van der Waals surface area contributed by atoms with Gasteiger partial charge in [0.15, 0.2) is 0 Å². The van der Waals surface area contributed by atoms with E-state index in [9.17, 15) is 9.59 Å². The van der Waals surface area contributed by atoms with Crippen LogP contribution in [0.3, 0.4) is 0 Å². The van der Waals surface area contributed by atoms with Gasteiger partial charge in [-0.1, -0.05) is 20.8 Å². The molecular weight excluding hydrogens is 268 g/mol. The zero-order chi connectivity index (χ0) is 16.3. The molecule has 0 aliphatic carbocycles. The number of nitrogens with zero attached hydrogens (tertiary/aromatic N) is 2. The van der Waals surface area contributed by atoms with E-state index in [2.05, 4.69) is 6.92 Å². The van der Waals surface area contributed by atoms with Gasteiger partial charge >= 0.3 is 5.97 Å². The Bertz CT molecular complexity index is 306.